The molecule has 4 aromatic rings. The highest BCUT2D eigenvalue weighted by Gasteiger charge is 2.15. The monoisotopic (exact) mass is 431 g/mol. The molecule has 5 nitrogen and oxygen atoms in total. The molecule has 31 heavy (non-hydrogen) atoms. The van der Waals surface area contributed by atoms with Gasteiger partial charge < -0.3 is 19.6 Å². The standard InChI is InChI=1S/C25H25N3O2S/c1-17-10-11-20-13-21(24(29)27-23(20)18(17)2)16-28(15-19-7-4-3-5-8-19)25(31)26-14-22-9-6-12-30-22/h3-13H,14-16H2,1-2H3,(H,26,31)(H,27,29). The number of nitrogens with zero attached hydrogens (tertiary/aromatic N) is 1. The lowest BCUT2D eigenvalue weighted by atomic mass is 10.0. The molecule has 0 unspecified atom stereocenters. The minimum atomic E-state index is -0.0897. The Balaban J connectivity index is 1.61. The van der Waals surface area contributed by atoms with Crippen molar-refractivity contribution in [3.05, 3.63) is 105 Å². The van der Waals surface area contributed by atoms with Crippen LogP contribution >= 0.6 is 12.2 Å². The van der Waals surface area contributed by atoms with E-state index in [4.69, 9.17) is 16.6 Å². The summed E-state index contributed by atoms with van der Waals surface area (Å²) in [7, 11) is 0. The van der Waals surface area contributed by atoms with E-state index >= 15 is 0 Å². The van der Waals surface area contributed by atoms with Crippen LogP contribution < -0.4 is 10.9 Å². The third-order valence-electron chi connectivity index (χ3n) is 5.49. The molecule has 6 heteroatoms. The zero-order valence-corrected chi connectivity index (χ0v) is 18.5. The summed E-state index contributed by atoms with van der Waals surface area (Å²) in [6, 6.07) is 19.9. The van der Waals surface area contributed by atoms with E-state index in [-0.39, 0.29) is 5.56 Å². The molecule has 158 valence electrons. The van der Waals surface area contributed by atoms with Crippen molar-refractivity contribution in [2.75, 3.05) is 0 Å². The van der Waals surface area contributed by atoms with Gasteiger partial charge in [-0.3, -0.25) is 4.79 Å². The predicted octanol–water partition coefficient (Wildman–Crippen LogP) is 4.81. The van der Waals surface area contributed by atoms with Crippen LogP contribution in [0.15, 0.2) is 76.1 Å². The summed E-state index contributed by atoms with van der Waals surface area (Å²) in [4.78, 5) is 18.0. The third-order valence-corrected chi connectivity index (χ3v) is 5.89. The first-order valence-corrected chi connectivity index (χ1v) is 10.6. The number of hydrogen-bond acceptors (Lipinski definition) is 3. The Kier molecular flexibility index (Phi) is 6.18. The molecule has 0 fully saturated rings. The number of fused-ring (bicyclic) bond motifs is 1. The fourth-order valence-electron chi connectivity index (χ4n) is 3.58. The van der Waals surface area contributed by atoms with Crippen molar-refractivity contribution < 1.29 is 4.42 Å². The van der Waals surface area contributed by atoms with Gasteiger partial charge in [-0.15, -0.1) is 0 Å². The largest absolute Gasteiger partial charge is 0.467 e. The number of H-pyrrole nitrogens is 1. The van der Waals surface area contributed by atoms with Gasteiger partial charge in [0, 0.05) is 12.1 Å². The Bertz CT molecular complexity index is 1250. The molecule has 0 amide bonds. The first-order valence-electron chi connectivity index (χ1n) is 10.2. The number of hydrogen-bond donors (Lipinski definition) is 2. The molecule has 0 saturated heterocycles. The van der Waals surface area contributed by atoms with Crippen molar-refractivity contribution >= 4 is 28.2 Å². The number of pyridine rings is 1. The molecule has 0 saturated carbocycles. The van der Waals surface area contributed by atoms with Crippen LogP contribution in [0.25, 0.3) is 10.9 Å². The van der Waals surface area contributed by atoms with Crippen LogP contribution in [0.4, 0.5) is 0 Å². The molecule has 0 aliphatic heterocycles. The van der Waals surface area contributed by atoms with Gasteiger partial charge in [0.05, 0.1) is 24.9 Å². The summed E-state index contributed by atoms with van der Waals surface area (Å²) < 4.78 is 5.39. The van der Waals surface area contributed by atoms with E-state index in [1.807, 2.05) is 61.2 Å². The number of benzene rings is 2. The average Bonchev–Trinajstić information content (AvgIpc) is 3.30. The Morgan fingerprint density at radius 2 is 1.87 bits per heavy atom. The molecule has 2 aromatic carbocycles. The molecular weight excluding hydrogens is 406 g/mol. The van der Waals surface area contributed by atoms with E-state index in [9.17, 15) is 4.79 Å². The SMILES string of the molecule is Cc1ccc2cc(CN(Cc3ccccc3)C(=S)NCc3ccco3)c(=O)[nH]c2c1C. The first-order chi connectivity index (χ1) is 15.0. The third kappa shape index (κ3) is 4.86. The van der Waals surface area contributed by atoms with Crippen molar-refractivity contribution in [1.29, 1.82) is 0 Å². The van der Waals surface area contributed by atoms with E-state index in [0.717, 1.165) is 33.4 Å². The van der Waals surface area contributed by atoms with Crippen molar-refractivity contribution in [2.24, 2.45) is 0 Å². The summed E-state index contributed by atoms with van der Waals surface area (Å²) in [6.07, 6.45) is 1.64. The number of nitrogens with one attached hydrogen (secondary N) is 2. The number of furan rings is 1. The van der Waals surface area contributed by atoms with Crippen LogP contribution in [0, 0.1) is 13.8 Å². The zero-order valence-electron chi connectivity index (χ0n) is 17.6. The van der Waals surface area contributed by atoms with Crippen LogP contribution in [0.3, 0.4) is 0 Å². The molecule has 0 spiro atoms. The summed E-state index contributed by atoms with van der Waals surface area (Å²) in [5.74, 6) is 0.802. The first kappa shape index (κ1) is 20.9. The number of aromatic nitrogens is 1. The Hall–Kier alpha value is -3.38. The molecule has 0 aliphatic carbocycles. The van der Waals surface area contributed by atoms with Crippen molar-refractivity contribution in [2.45, 2.75) is 33.5 Å². The Morgan fingerprint density at radius 1 is 1.06 bits per heavy atom. The lowest BCUT2D eigenvalue weighted by molar-refractivity contribution is 0.393. The molecule has 0 radical (unpaired) electrons. The van der Waals surface area contributed by atoms with Crippen LogP contribution in [-0.4, -0.2) is 15.0 Å². The van der Waals surface area contributed by atoms with E-state index in [2.05, 4.69) is 28.5 Å². The van der Waals surface area contributed by atoms with E-state index < -0.39 is 0 Å². The van der Waals surface area contributed by atoms with Crippen LogP contribution in [0.5, 0.6) is 0 Å². The van der Waals surface area contributed by atoms with Gasteiger partial charge in [0.25, 0.3) is 5.56 Å². The minimum Gasteiger partial charge on any atom is -0.467 e. The molecule has 0 aliphatic rings. The molecule has 0 atom stereocenters. The fourth-order valence-corrected chi connectivity index (χ4v) is 3.79. The quantitative estimate of drug-likeness (QED) is 0.429. The van der Waals surface area contributed by atoms with Gasteiger partial charge in [0.15, 0.2) is 5.11 Å². The van der Waals surface area contributed by atoms with Crippen molar-refractivity contribution in [1.82, 2.24) is 15.2 Å². The maximum absolute atomic E-state index is 12.9. The number of aryl methyl sites for hydroxylation is 2. The van der Waals surface area contributed by atoms with Crippen molar-refractivity contribution in [3.8, 4) is 0 Å². The molecule has 2 heterocycles. The van der Waals surface area contributed by atoms with Gasteiger partial charge in [0.2, 0.25) is 0 Å². The van der Waals surface area contributed by atoms with Gasteiger partial charge in [-0.25, -0.2) is 0 Å². The lowest BCUT2D eigenvalue weighted by Crippen LogP contribution is -2.39. The van der Waals surface area contributed by atoms with Gasteiger partial charge in [0.1, 0.15) is 5.76 Å². The fraction of sp³-hybridized carbons (Fsp3) is 0.200. The van der Waals surface area contributed by atoms with Gasteiger partial charge >= 0.3 is 0 Å². The van der Waals surface area contributed by atoms with Crippen LogP contribution in [-0.2, 0) is 19.6 Å². The molecule has 0 bridgehead atoms. The normalized spacial score (nSPS) is 10.9. The average molecular weight is 432 g/mol. The summed E-state index contributed by atoms with van der Waals surface area (Å²) in [5, 5.41) is 4.84. The Labute approximate surface area is 186 Å². The van der Waals surface area contributed by atoms with Gasteiger partial charge in [-0.05, 0) is 66.3 Å². The van der Waals surface area contributed by atoms with Gasteiger partial charge in [-0.2, -0.15) is 0 Å². The molecule has 4 rings (SSSR count). The van der Waals surface area contributed by atoms with Crippen LogP contribution in [0.2, 0.25) is 0 Å². The second-order valence-electron chi connectivity index (χ2n) is 7.68. The minimum absolute atomic E-state index is 0.0897. The van der Waals surface area contributed by atoms with Crippen molar-refractivity contribution in [3.63, 3.8) is 0 Å². The second-order valence-corrected chi connectivity index (χ2v) is 8.06. The second kappa shape index (κ2) is 9.18. The van der Waals surface area contributed by atoms with E-state index in [1.54, 1.807) is 6.26 Å². The number of rotatable bonds is 6. The molecule has 2 N–H and O–H groups in total. The lowest BCUT2D eigenvalue weighted by Gasteiger charge is -2.26. The number of aromatic amines is 1. The summed E-state index contributed by atoms with van der Waals surface area (Å²) in [6.45, 7) is 5.56. The topological polar surface area (TPSA) is 61.3 Å². The predicted molar refractivity (Wildman–Crippen MR) is 128 cm³/mol. The number of thiocarbonyl (C=S) groups is 1. The van der Waals surface area contributed by atoms with E-state index in [1.165, 1.54) is 0 Å². The molecule has 2 aromatic heterocycles. The highest BCUT2D eigenvalue weighted by molar-refractivity contribution is 7.80. The zero-order chi connectivity index (χ0) is 21.8. The molecular formula is C25H25N3O2S. The summed E-state index contributed by atoms with van der Waals surface area (Å²) in [5.41, 5.74) is 4.85. The summed E-state index contributed by atoms with van der Waals surface area (Å²) >= 11 is 5.68. The highest BCUT2D eigenvalue weighted by atomic mass is 32.1. The smallest absolute Gasteiger partial charge is 0.253 e. The maximum atomic E-state index is 12.9. The van der Waals surface area contributed by atoms with Gasteiger partial charge in [-0.1, -0.05) is 42.5 Å². The Morgan fingerprint density at radius 3 is 2.61 bits per heavy atom. The highest BCUT2D eigenvalue weighted by Crippen LogP contribution is 2.20. The maximum Gasteiger partial charge on any atom is 0.253 e. The van der Waals surface area contributed by atoms with Crippen LogP contribution in [0.1, 0.15) is 28.0 Å². The van der Waals surface area contributed by atoms with E-state index in [0.29, 0.717) is 30.3 Å².